The van der Waals surface area contributed by atoms with Crippen molar-refractivity contribution in [3.05, 3.63) is 0 Å². The highest BCUT2D eigenvalue weighted by Gasteiger charge is 2.33. The van der Waals surface area contributed by atoms with E-state index in [1.54, 1.807) is 0 Å². The number of nitrogens with one attached hydrogen (secondary N) is 4. The minimum Gasteiger partial charge on any atom is -0.480 e. The van der Waals surface area contributed by atoms with Crippen LogP contribution < -0.4 is 38.5 Å². The van der Waals surface area contributed by atoms with Crippen molar-refractivity contribution < 1.29 is 34.2 Å². The van der Waals surface area contributed by atoms with Gasteiger partial charge in [-0.1, -0.05) is 27.7 Å². The second-order valence-corrected chi connectivity index (χ2v) is 10.3. The molecule has 0 aromatic heterocycles. The van der Waals surface area contributed by atoms with Crippen LogP contribution in [0.4, 0.5) is 0 Å². The minimum absolute atomic E-state index is 0.00244. The van der Waals surface area contributed by atoms with Gasteiger partial charge in [-0.25, -0.2) is 4.79 Å². The molecule has 0 aromatic rings. The Morgan fingerprint density at radius 3 is 1.42 bits per heavy atom. The molecule has 0 bridgehead atoms. The van der Waals surface area contributed by atoms with Gasteiger partial charge < -0.3 is 48.7 Å². The molecule has 0 radical (unpaired) electrons. The Morgan fingerprint density at radius 2 is 1.05 bits per heavy atom. The van der Waals surface area contributed by atoms with Gasteiger partial charge in [0, 0.05) is 0 Å². The van der Waals surface area contributed by atoms with Crippen LogP contribution in [0.15, 0.2) is 0 Å². The lowest BCUT2D eigenvalue weighted by Gasteiger charge is -2.28. The smallest absolute Gasteiger partial charge is 0.328 e. The molecular formula is C24H47N7O7. The molecule has 38 heavy (non-hydrogen) atoms. The number of rotatable bonds is 18. The quantitative estimate of drug-likeness (QED) is 0.0875. The van der Waals surface area contributed by atoms with Gasteiger partial charge in [-0.15, -0.1) is 0 Å². The van der Waals surface area contributed by atoms with E-state index in [0.717, 1.165) is 0 Å². The van der Waals surface area contributed by atoms with Crippen LogP contribution in [0.5, 0.6) is 0 Å². The predicted octanol–water partition coefficient (Wildman–Crippen LogP) is -2.49. The summed E-state index contributed by atoms with van der Waals surface area (Å²) in [6.45, 7) is 8.84. The Morgan fingerprint density at radius 1 is 0.658 bits per heavy atom. The molecule has 220 valence electrons. The Labute approximate surface area is 224 Å². The number of carboxylic acid groups (broad SMARTS) is 1. The summed E-state index contributed by atoms with van der Waals surface area (Å²) in [5.74, 6) is -4.09. The standard InChI is InChI=1S/C24H47N7O7/c1-12(2)10-17(29-20(33)15(27)6-8-25)23(36)30-18(11-13(3)4)22(35)28-16(7-9-26)21(34)31-19(14(5)32)24(37)38/h12-19,32H,6-11,25-27H2,1-5H3,(H,28,35)(H,29,33)(H,30,36)(H,31,34)(H,37,38)/t14-,15+,16+,17+,18+,19+/m1/s1. The van der Waals surface area contributed by atoms with Crippen molar-refractivity contribution in [2.45, 2.75) is 96.6 Å². The second kappa shape index (κ2) is 17.7. The van der Waals surface area contributed by atoms with Gasteiger partial charge in [-0.05, 0) is 57.5 Å². The first-order valence-corrected chi connectivity index (χ1v) is 12.9. The van der Waals surface area contributed by atoms with E-state index in [9.17, 15) is 34.2 Å². The molecule has 0 rings (SSSR count). The highest BCUT2D eigenvalue weighted by Crippen LogP contribution is 2.10. The average Bonchev–Trinajstić information content (AvgIpc) is 2.80. The molecule has 0 heterocycles. The Kier molecular flexibility index (Phi) is 16.3. The third-order valence-electron chi connectivity index (χ3n) is 5.63. The lowest BCUT2D eigenvalue weighted by Crippen LogP contribution is -2.59. The van der Waals surface area contributed by atoms with Crippen LogP contribution in [0.1, 0.15) is 60.3 Å². The highest BCUT2D eigenvalue weighted by molar-refractivity contribution is 5.95. The summed E-state index contributed by atoms with van der Waals surface area (Å²) in [6, 6.07) is -5.70. The first kappa shape index (κ1) is 35.2. The second-order valence-electron chi connectivity index (χ2n) is 10.3. The Balaban J connectivity index is 5.72. The zero-order chi connectivity index (χ0) is 29.6. The van der Waals surface area contributed by atoms with Gasteiger partial charge in [0.2, 0.25) is 23.6 Å². The summed E-state index contributed by atoms with van der Waals surface area (Å²) in [5, 5.41) is 28.9. The monoisotopic (exact) mass is 545 g/mol. The summed E-state index contributed by atoms with van der Waals surface area (Å²) in [7, 11) is 0. The number of carboxylic acids is 1. The number of carbonyl (C=O) groups is 5. The van der Waals surface area contributed by atoms with E-state index < -0.39 is 65.9 Å². The molecular weight excluding hydrogens is 498 g/mol. The van der Waals surface area contributed by atoms with E-state index in [0.29, 0.717) is 0 Å². The van der Waals surface area contributed by atoms with E-state index in [-0.39, 0.29) is 50.6 Å². The number of nitrogens with two attached hydrogens (primary N) is 3. The molecule has 0 unspecified atom stereocenters. The van der Waals surface area contributed by atoms with Crippen LogP contribution in [0.2, 0.25) is 0 Å². The number of hydrogen-bond acceptors (Lipinski definition) is 9. The zero-order valence-corrected chi connectivity index (χ0v) is 23.0. The molecule has 0 fully saturated rings. The molecule has 12 N–H and O–H groups in total. The Hall–Kier alpha value is -2.81. The number of hydrogen-bond donors (Lipinski definition) is 9. The van der Waals surface area contributed by atoms with Gasteiger partial charge in [-0.3, -0.25) is 19.2 Å². The van der Waals surface area contributed by atoms with Crippen molar-refractivity contribution in [3.8, 4) is 0 Å². The molecule has 0 aromatic carbocycles. The lowest BCUT2D eigenvalue weighted by molar-refractivity contribution is -0.145. The first-order valence-electron chi connectivity index (χ1n) is 12.9. The summed E-state index contributed by atoms with van der Waals surface area (Å²) < 4.78 is 0. The van der Waals surface area contributed by atoms with E-state index in [1.165, 1.54) is 6.92 Å². The molecule has 14 heteroatoms. The van der Waals surface area contributed by atoms with Crippen LogP contribution >= 0.6 is 0 Å². The van der Waals surface area contributed by atoms with Crippen molar-refractivity contribution in [2.24, 2.45) is 29.0 Å². The average molecular weight is 546 g/mol. The summed E-state index contributed by atoms with van der Waals surface area (Å²) in [4.78, 5) is 62.8. The van der Waals surface area contributed by atoms with E-state index >= 15 is 0 Å². The van der Waals surface area contributed by atoms with Gasteiger partial charge in [-0.2, -0.15) is 0 Å². The fourth-order valence-corrected chi connectivity index (χ4v) is 3.62. The predicted molar refractivity (Wildman–Crippen MR) is 141 cm³/mol. The third kappa shape index (κ3) is 13.1. The molecule has 0 saturated heterocycles. The van der Waals surface area contributed by atoms with Crippen LogP contribution in [-0.2, 0) is 24.0 Å². The maximum Gasteiger partial charge on any atom is 0.328 e. The SMILES string of the molecule is CC(C)C[C@H](NC(=O)[C@H](CC(C)C)NC(=O)[C@@H](N)CCN)C(=O)N[C@@H](CCN)C(=O)N[C@H](C(=O)O)[C@@H](C)O. The van der Waals surface area contributed by atoms with Gasteiger partial charge in [0.15, 0.2) is 6.04 Å². The highest BCUT2D eigenvalue weighted by atomic mass is 16.4. The topological polar surface area (TPSA) is 252 Å². The van der Waals surface area contributed by atoms with Gasteiger partial charge in [0.25, 0.3) is 0 Å². The first-order chi connectivity index (χ1) is 17.6. The maximum absolute atomic E-state index is 13.2. The Bertz CT molecular complexity index is 792. The van der Waals surface area contributed by atoms with Crippen molar-refractivity contribution in [3.63, 3.8) is 0 Å². The molecule has 14 nitrogen and oxygen atoms in total. The maximum atomic E-state index is 13.2. The van der Waals surface area contributed by atoms with Crippen LogP contribution in [-0.4, -0.2) is 89.2 Å². The molecule has 0 spiro atoms. The summed E-state index contributed by atoms with van der Waals surface area (Å²) in [6.07, 6.45) is -0.657. The van der Waals surface area contributed by atoms with Gasteiger partial charge >= 0.3 is 5.97 Å². The van der Waals surface area contributed by atoms with Gasteiger partial charge in [0.1, 0.15) is 18.1 Å². The molecule has 0 saturated carbocycles. The number of aliphatic hydroxyl groups excluding tert-OH is 1. The number of aliphatic hydroxyl groups is 1. The largest absolute Gasteiger partial charge is 0.480 e. The fraction of sp³-hybridized carbons (Fsp3) is 0.792. The number of aliphatic carboxylic acids is 1. The molecule has 0 aliphatic carbocycles. The molecule has 4 amide bonds. The molecule has 0 aliphatic heterocycles. The molecule has 0 aliphatic rings. The van der Waals surface area contributed by atoms with Crippen molar-refractivity contribution in [1.82, 2.24) is 21.3 Å². The van der Waals surface area contributed by atoms with Crippen LogP contribution in [0, 0.1) is 11.8 Å². The van der Waals surface area contributed by atoms with E-state index in [1.807, 2.05) is 27.7 Å². The zero-order valence-electron chi connectivity index (χ0n) is 23.0. The fourth-order valence-electron chi connectivity index (χ4n) is 3.62. The van der Waals surface area contributed by atoms with E-state index in [2.05, 4.69) is 21.3 Å². The van der Waals surface area contributed by atoms with Crippen LogP contribution in [0.3, 0.4) is 0 Å². The minimum atomic E-state index is -1.59. The van der Waals surface area contributed by atoms with Crippen molar-refractivity contribution in [1.29, 1.82) is 0 Å². The van der Waals surface area contributed by atoms with Crippen LogP contribution in [0.25, 0.3) is 0 Å². The third-order valence-corrected chi connectivity index (χ3v) is 5.63. The summed E-state index contributed by atoms with van der Waals surface area (Å²) >= 11 is 0. The number of carbonyl (C=O) groups excluding carboxylic acids is 4. The summed E-state index contributed by atoms with van der Waals surface area (Å²) in [5.41, 5.74) is 16.9. The van der Waals surface area contributed by atoms with Crippen molar-refractivity contribution >= 4 is 29.6 Å². The normalized spacial score (nSPS) is 16.1. The van der Waals surface area contributed by atoms with Crippen molar-refractivity contribution in [2.75, 3.05) is 13.1 Å². The number of amides is 4. The molecule has 6 atom stereocenters. The lowest BCUT2D eigenvalue weighted by atomic mass is 9.99. The van der Waals surface area contributed by atoms with Gasteiger partial charge in [0.05, 0.1) is 12.1 Å². The van der Waals surface area contributed by atoms with E-state index in [4.69, 9.17) is 17.2 Å².